The standard InChI is InChI=1S/C20H19FN2O4/c1-3-26-20(25)18-13(2)22-19(15-9-5-7-11-17(15)24)23(18)27-12-14-8-4-6-10-16(14)21/h4-11,24H,3,12H2,1-2H3. The molecule has 0 aliphatic heterocycles. The summed E-state index contributed by atoms with van der Waals surface area (Å²) in [7, 11) is 0. The van der Waals surface area contributed by atoms with Crippen LogP contribution in [0.15, 0.2) is 48.5 Å². The maximum Gasteiger partial charge on any atom is 0.360 e. The van der Waals surface area contributed by atoms with Gasteiger partial charge in [-0.05, 0) is 32.0 Å². The van der Waals surface area contributed by atoms with Gasteiger partial charge in [0.25, 0.3) is 0 Å². The van der Waals surface area contributed by atoms with Crippen LogP contribution in [-0.4, -0.2) is 27.4 Å². The lowest BCUT2D eigenvalue weighted by molar-refractivity contribution is 0.0424. The highest BCUT2D eigenvalue weighted by atomic mass is 19.1. The molecule has 1 aromatic heterocycles. The van der Waals surface area contributed by atoms with Crippen LogP contribution in [0.3, 0.4) is 0 Å². The maximum atomic E-state index is 13.9. The van der Waals surface area contributed by atoms with Crippen LogP contribution in [0.1, 0.15) is 28.7 Å². The molecule has 140 valence electrons. The summed E-state index contributed by atoms with van der Waals surface area (Å²) in [6.07, 6.45) is 0. The number of aromatic hydroxyl groups is 1. The molecule has 27 heavy (non-hydrogen) atoms. The molecule has 0 bridgehead atoms. The van der Waals surface area contributed by atoms with Gasteiger partial charge in [-0.3, -0.25) is 0 Å². The van der Waals surface area contributed by atoms with E-state index in [2.05, 4.69) is 4.98 Å². The van der Waals surface area contributed by atoms with E-state index in [-0.39, 0.29) is 30.5 Å². The number of nitrogens with zero attached hydrogens (tertiary/aromatic N) is 2. The van der Waals surface area contributed by atoms with Gasteiger partial charge in [0.1, 0.15) is 18.2 Å². The van der Waals surface area contributed by atoms with Gasteiger partial charge < -0.3 is 14.7 Å². The SMILES string of the molecule is CCOC(=O)c1c(C)nc(-c2ccccc2O)n1OCc1ccccc1F. The Morgan fingerprint density at radius 1 is 1.19 bits per heavy atom. The van der Waals surface area contributed by atoms with Crippen molar-refractivity contribution in [3.63, 3.8) is 0 Å². The van der Waals surface area contributed by atoms with Crippen LogP contribution in [0, 0.1) is 12.7 Å². The van der Waals surface area contributed by atoms with Crippen LogP contribution >= 0.6 is 0 Å². The van der Waals surface area contributed by atoms with E-state index in [1.165, 1.54) is 16.9 Å². The second-order valence-electron chi connectivity index (χ2n) is 5.77. The Labute approximate surface area is 155 Å². The second-order valence-corrected chi connectivity index (χ2v) is 5.77. The lowest BCUT2D eigenvalue weighted by Gasteiger charge is -2.14. The first-order valence-electron chi connectivity index (χ1n) is 8.44. The number of ether oxygens (including phenoxy) is 1. The molecule has 0 aliphatic rings. The number of para-hydroxylation sites is 1. The normalized spacial score (nSPS) is 10.6. The number of rotatable bonds is 6. The second kappa shape index (κ2) is 7.90. The third-order valence-corrected chi connectivity index (χ3v) is 3.93. The van der Waals surface area contributed by atoms with Gasteiger partial charge in [0.05, 0.1) is 17.9 Å². The summed E-state index contributed by atoms with van der Waals surface area (Å²) in [6.45, 7) is 3.38. The molecule has 1 N–H and O–H groups in total. The average Bonchev–Trinajstić information content (AvgIpc) is 2.98. The van der Waals surface area contributed by atoms with Crippen LogP contribution in [0.5, 0.6) is 5.75 Å². The van der Waals surface area contributed by atoms with Crippen molar-refractivity contribution in [1.82, 2.24) is 9.71 Å². The molecule has 0 amide bonds. The largest absolute Gasteiger partial charge is 0.507 e. The summed E-state index contributed by atoms with van der Waals surface area (Å²) in [4.78, 5) is 22.5. The van der Waals surface area contributed by atoms with Gasteiger partial charge in [-0.2, -0.15) is 4.73 Å². The molecule has 0 fully saturated rings. The molecule has 3 rings (SSSR count). The number of halogens is 1. The lowest BCUT2D eigenvalue weighted by atomic mass is 10.2. The minimum absolute atomic E-state index is 0.0198. The number of carbonyl (C=O) groups is 1. The van der Waals surface area contributed by atoms with Crippen molar-refractivity contribution in [3.8, 4) is 17.1 Å². The average molecular weight is 370 g/mol. The highest BCUT2D eigenvalue weighted by Crippen LogP contribution is 2.29. The van der Waals surface area contributed by atoms with E-state index in [0.29, 0.717) is 16.8 Å². The van der Waals surface area contributed by atoms with E-state index >= 15 is 0 Å². The fourth-order valence-corrected chi connectivity index (χ4v) is 2.65. The Morgan fingerprint density at radius 2 is 1.89 bits per heavy atom. The Kier molecular flexibility index (Phi) is 5.40. The van der Waals surface area contributed by atoms with Crippen LogP contribution in [0.4, 0.5) is 4.39 Å². The van der Waals surface area contributed by atoms with Gasteiger partial charge in [0, 0.05) is 5.56 Å². The molecular weight excluding hydrogens is 351 g/mol. The predicted octanol–water partition coefficient (Wildman–Crippen LogP) is 3.51. The number of benzene rings is 2. The van der Waals surface area contributed by atoms with Crippen molar-refractivity contribution in [2.45, 2.75) is 20.5 Å². The zero-order valence-corrected chi connectivity index (χ0v) is 15.0. The van der Waals surface area contributed by atoms with E-state index in [1.54, 1.807) is 50.2 Å². The van der Waals surface area contributed by atoms with Gasteiger partial charge in [-0.25, -0.2) is 14.2 Å². The van der Waals surface area contributed by atoms with Gasteiger partial charge in [0.2, 0.25) is 0 Å². The highest BCUT2D eigenvalue weighted by Gasteiger charge is 2.25. The summed E-state index contributed by atoms with van der Waals surface area (Å²) in [5.41, 5.74) is 1.17. The number of aryl methyl sites for hydroxylation is 1. The van der Waals surface area contributed by atoms with Crippen LogP contribution < -0.4 is 4.84 Å². The van der Waals surface area contributed by atoms with E-state index in [1.807, 2.05) is 0 Å². The van der Waals surface area contributed by atoms with Crippen LogP contribution in [0.2, 0.25) is 0 Å². The lowest BCUT2D eigenvalue weighted by Crippen LogP contribution is -2.21. The first kappa shape index (κ1) is 18.4. The number of hydrogen-bond donors (Lipinski definition) is 1. The van der Waals surface area contributed by atoms with Crippen molar-refractivity contribution in [1.29, 1.82) is 0 Å². The molecule has 6 nitrogen and oxygen atoms in total. The van der Waals surface area contributed by atoms with Gasteiger partial charge >= 0.3 is 5.97 Å². The van der Waals surface area contributed by atoms with E-state index in [0.717, 1.165) is 0 Å². The Bertz CT molecular complexity index is 968. The van der Waals surface area contributed by atoms with E-state index in [4.69, 9.17) is 9.57 Å². The molecule has 3 aromatic rings. The third kappa shape index (κ3) is 3.76. The monoisotopic (exact) mass is 370 g/mol. The number of aromatic nitrogens is 2. The molecular formula is C20H19FN2O4. The fraction of sp³-hybridized carbons (Fsp3) is 0.200. The quantitative estimate of drug-likeness (QED) is 0.672. The Hall–Kier alpha value is -3.35. The van der Waals surface area contributed by atoms with Crippen LogP contribution in [-0.2, 0) is 11.3 Å². The molecule has 0 spiro atoms. The minimum atomic E-state index is -0.613. The zero-order chi connectivity index (χ0) is 19.4. The molecule has 0 atom stereocenters. The summed E-state index contributed by atoms with van der Waals surface area (Å²) >= 11 is 0. The zero-order valence-electron chi connectivity index (χ0n) is 15.0. The number of imidazole rings is 1. The maximum absolute atomic E-state index is 13.9. The Balaban J connectivity index is 2.06. The third-order valence-electron chi connectivity index (χ3n) is 3.93. The number of hydrogen-bond acceptors (Lipinski definition) is 5. The summed E-state index contributed by atoms with van der Waals surface area (Å²) in [5.74, 6) is -0.826. The van der Waals surface area contributed by atoms with E-state index in [9.17, 15) is 14.3 Å². The highest BCUT2D eigenvalue weighted by molar-refractivity contribution is 5.90. The van der Waals surface area contributed by atoms with Crippen molar-refractivity contribution in [3.05, 3.63) is 71.3 Å². The van der Waals surface area contributed by atoms with Gasteiger partial charge in [-0.1, -0.05) is 30.3 Å². The molecule has 0 aliphatic carbocycles. The van der Waals surface area contributed by atoms with Crippen molar-refractivity contribution >= 4 is 5.97 Å². The minimum Gasteiger partial charge on any atom is -0.507 e. The van der Waals surface area contributed by atoms with Crippen molar-refractivity contribution in [2.24, 2.45) is 0 Å². The summed E-state index contributed by atoms with van der Waals surface area (Å²) in [5, 5.41) is 10.2. The molecule has 7 heteroatoms. The molecule has 2 aromatic carbocycles. The number of phenols is 1. The number of carbonyl (C=O) groups excluding carboxylic acids is 1. The molecule has 0 unspecified atom stereocenters. The molecule has 0 radical (unpaired) electrons. The number of esters is 1. The number of phenolic OH excluding ortho intramolecular Hbond substituents is 1. The van der Waals surface area contributed by atoms with Crippen LogP contribution in [0.25, 0.3) is 11.4 Å². The van der Waals surface area contributed by atoms with Gasteiger partial charge in [-0.15, -0.1) is 0 Å². The van der Waals surface area contributed by atoms with E-state index < -0.39 is 11.8 Å². The summed E-state index contributed by atoms with van der Waals surface area (Å²) in [6, 6.07) is 12.7. The summed E-state index contributed by atoms with van der Waals surface area (Å²) < 4.78 is 20.2. The molecule has 0 saturated heterocycles. The van der Waals surface area contributed by atoms with Crippen molar-refractivity contribution < 1.29 is 23.9 Å². The topological polar surface area (TPSA) is 73.6 Å². The van der Waals surface area contributed by atoms with Crippen molar-refractivity contribution in [2.75, 3.05) is 6.61 Å². The molecule has 1 heterocycles. The van der Waals surface area contributed by atoms with Gasteiger partial charge in [0.15, 0.2) is 11.5 Å². The fourth-order valence-electron chi connectivity index (χ4n) is 2.65. The Morgan fingerprint density at radius 3 is 2.59 bits per heavy atom. The first-order valence-corrected chi connectivity index (χ1v) is 8.44. The molecule has 0 saturated carbocycles. The smallest absolute Gasteiger partial charge is 0.360 e. The predicted molar refractivity (Wildman–Crippen MR) is 96.7 cm³/mol. The first-order chi connectivity index (χ1) is 13.0.